The van der Waals surface area contributed by atoms with Crippen LogP contribution in [0.15, 0.2) is 72.6 Å². The Morgan fingerprint density at radius 1 is 0.865 bits per heavy atom. The first kappa shape index (κ1) is 23.0. The van der Waals surface area contributed by atoms with Crippen LogP contribution in [0.3, 0.4) is 0 Å². The Bertz CT molecular complexity index is 1720. The lowest BCUT2D eigenvalue weighted by Gasteiger charge is -2.26. The number of cyclic esters (lactones) is 1. The van der Waals surface area contributed by atoms with Gasteiger partial charge in [0.05, 0.1) is 42.6 Å². The van der Waals surface area contributed by atoms with Crippen molar-refractivity contribution in [2.75, 3.05) is 14.2 Å². The molecular weight excluding hydrogens is 492 g/mol. The van der Waals surface area contributed by atoms with Crippen molar-refractivity contribution in [3.05, 3.63) is 89.3 Å². The second-order valence-electron chi connectivity index (χ2n) is 8.48. The summed E-state index contributed by atoms with van der Waals surface area (Å²) in [5.41, 5.74) is 5.23. The number of carbonyl (C=O) groups excluding carboxylic acids is 1. The van der Waals surface area contributed by atoms with E-state index in [9.17, 15) is 9.90 Å². The predicted molar refractivity (Wildman–Crippen MR) is 137 cm³/mol. The van der Waals surface area contributed by atoms with Gasteiger partial charge in [0, 0.05) is 30.0 Å². The lowest BCUT2D eigenvalue weighted by Crippen LogP contribution is -2.29. The molecule has 0 spiro atoms. The van der Waals surface area contributed by atoms with E-state index in [1.807, 2.05) is 18.2 Å². The molecule has 3 aromatic carbocycles. The van der Waals surface area contributed by atoms with Crippen molar-refractivity contribution in [3.63, 3.8) is 0 Å². The highest BCUT2D eigenvalue weighted by atomic mass is 32.1. The lowest BCUT2D eigenvalue weighted by molar-refractivity contribution is -0.185. The normalized spacial score (nSPS) is 17.4. The monoisotopic (exact) mass is 512 g/mol. The van der Waals surface area contributed by atoms with Gasteiger partial charge in [-0.1, -0.05) is 12.1 Å². The number of ether oxygens (including phenoxy) is 3. The molecule has 0 aliphatic carbocycles. The van der Waals surface area contributed by atoms with Gasteiger partial charge in [0.1, 0.15) is 11.0 Å². The zero-order valence-electron chi connectivity index (χ0n) is 19.8. The Morgan fingerprint density at radius 3 is 2.43 bits per heavy atom. The number of methoxy groups -OCH3 is 2. The molecule has 6 rings (SSSR count). The van der Waals surface area contributed by atoms with Gasteiger partial charge in [0.15, 0.2) is 11.5 Å². The van der Waals surface area contributed by atoms with E-state index in [2.05, 4.69) is 18.7 Å². The number of carbonyl (C=O) groups is 1. The molecular formula is C27H20N4O5S. The van der Waals surface area contributed by atoms with Crippen molar-refractivity contribution in [3.8, 4) is 11.5 Å². The molecule has 3 heterocycles. The molecule has 1 aliphatic rings. The third kappa shape index (κ3) is 3.87. The minimum absolute atomic E-state index is 0.214. The van der Waals surface area contributed by atoms with E-state index >= 15 is 0 Å². The maximum Gasteiger partial charge on any atom is 0.342 e. The highest BCUT2D eigenvalue weighted by Gasteiger charge is 2.48. The molecule has 1 atom stereocenters. The first-order valence-electron chi connectivity index (χ1n) is 11.3. The van der Waals surface area contributed by atoms with E-state index in [0.29, 0.717) is 39.2 Å². The predicted octanol–water partition coefficient (Wildman–Crippen LogP) is 4.05. The van der Waals surface area contributed by atoms with Crippen LogP contribution >= 0.6 is 11.7 Å². The molecule has 9 nitrogen and oxygen atoms in total. The fourth-order valence-electron chi connectivity index (χ4n) is 4.58. The van der Waals surface area contributed by atoms with Crippen molar-refractivity contribution in [1.29, 1.82) is 0 Å². The van der Waals surface area contributed by atoms with Gasteiger partial charge in [-0.25, -0.2) is 4.79 Å². The average Bonchev–Trinajstić information content (AvgIpc) is 3.49. The van der Waals surface area contributed by atoms with Gasteiger partial charge in [-0.15, -0.1) is 0 Å². The van der Waals surface area contributed by atoms with E-state index in [1.54, 1.807) is 48.8 Å². The molecule has 0 bridgehead atoms. The maximum atomic E-state index is 13.4. The van der Waals surface area contributed by atoms with Crippen LogP contribution in [0, 0.1) is 0 Å². The number of hydrogen-bond donors (Lipinski definition) is 1. The summed E-state index contributed by atoms with van der Waals surface area (Å²) < 4.78 is 25.1. The van der Waals surface area contributed by atoms with E-state index < -0.39 is 11.8 Å². The molecule has 0 saturated carbocycles. The van der Waals surface area contributed by atoms with Crippen LogP contribution in [0.2, 0.25) is 0 Å². The van der Waals surface area contributed by atoms with E-state index in [4.69, 9.17) is 14.2 Å². The quantitative estimate of drug-likeness (QED) is 0.336. The number of benzene rings is 3. The molecule has 0 fully saturated rings. The molecule has 37 heavy (non-hydrogen) atoms. The summed E-state index contributed by atoms with van der Waals surface area (Å²) in [6.07, 6.45) is 3.47. The summed E-state index contributed by atoms with van der Waals surface area (Å²) in [7, 11) is 3.03. The van der Waals surface area contributed by atoms with Crippen molar-refractivity contribution >= 4 is 45.3 Å². The van der Waals surface area contributed by atoms with Gasteiger partial charge in [0.25, 0.3) is 5.79 Å². The van der Waals surface area contributed by atoms with E-state index in [1.165, 1.54) is 14.2 Å². The number of aliphatic hydroxyl groups is 1. The van der Waals surface area contributed by atoms with Crippen LogP contribution in [0.25, 0.3) is 27.6 Å². The number of nitrogens with zero attached hydrogens (tertiary/aromatic N) is 4. The smallest absolute Gasteiger partial charge is 0.342 e. The maximum absolute atomic E-state index is 13.4. The summed E-state index contributed by atoms with van der Waals surface area (Å²) in [5.74, 6) is -1.80. The Morgan fingerprint density at radius 2 is 1.62 bits per heavy atom. The highest BCUT2D eigenvalue weighted by Crippen LogP contribution is 2.46. The zero-order valence-corrected chi connectivity index (χ0v) is 20.7. The molecule has 1 unspecified atom stereocenters. The molecule has 1 N–H and O–H groups in total. The summed E-state index contributed by atoms with van der Waals surface area (Å²) in [5, 5.41) is 12.0. The second kappa shape index (κ2) is 8.91. The minimum Gasteiger partial charge on any atom is -0.493 e. The molecule has 0 amide bonds. The van der Waals surface area contributed by atoms with Crippen molar-refractivity contribution in [2.45, 2.75) is 12.2 Å². The van der Waals surface area contributed by atoms with Crippen LogP contribution in [-0.4, -0.2) is 44.0 Å². The summed E-state index contributed by atoms with van der Waals surface area (Å²) in [6, 6.07) is 15.9. The van der Waals surface area contributed by atoms with Gasteiger partial charge in [-0.3, -0.25) is 9.97 Å². The first-order valence-corrected chi connectivity index (χ1v) is 12.1. The number of aromatic nitrogens is 4. The Hall–Kier alpha value is -4.41. The third-order valence-electron chi connectivity index (χ3n) is 6.39. The molecule has 1 aliphatic heterocycles. The fraction of sp³-hybridized carbons (Fsp3) is 0.148. The standard InChI is InChI=1S/C27H20N4O5S/c1-34-23-8-5-17(14-24(23)35-2)27(33)18(11-15-3-6-19-21(12-15)29-10-9-28-19)25(26(32)36-27)16-4-7-20-22(13-16)31-37-30-20/h3-10,12-14,33H,11H2,1-2H3. The van der Waals surface area contributed by atoms with Crippen molar-refractivity contribution < 1.29 is 24.1 Å². The Balaban J connectivity index is 1.55. The number of esters is 1. The van der Waals surface area contributed by atoms with Crippen LogP contribution in [-0.2, 0) is 21.7 Å². The summed E-state index contributed by atoms with van der Waals surface area (Å²) in [6.45, 7) is 0. The number of fused-ring (bicyclic) bond motifs is 2. The molecule has 5 aromatic rings. The van der Waals surface area contributed by atoms with Gasteiger partial charge in [-0.05, 0) is 53.6 Å². The van der Waals surface area contributed by atoms with E-state index in [-0.39, 0.29) is 12.0 Å². The van der Waals surface area contributed by atoms with Crippen LogP contribution in [0.4, 0.5) is 0 Å². The summed E-state index contributed by atoms with van der Waals surface area (Å²) >= 11 is 1.09. The van der Waals surface area contributed by atoms with Gasteiger partial charge in [-0.2, -0.15) is 8.75 Å². The van der Waals surface area contributed by atoms with Crippen LogP contribution in [0.1, 0.15) is 16.7 Å². The number of rotatable bonds is 6. The molecule has 10 heteroatoms. The topological polar surface area (TPSA) is 117 Å². The second-order valence-corrected chi connectivity index (χ2v) is 9.01. The first-order chi connectivity index (χ1) is 18.0. The Kier molecular flexibility index (Phi) is 5.54. The minimum atomic E-state index is -2.04. The zero-order chi connectivity index (χ0) is 25.6. The Labute approximate surface area is 215 Å². The van der Waals surface area contributed by atoms with Gasteiger partial charge in [0.2, 0.25) is 0 Å². The average molecular weight is 513 g/mol. The lowest BCUT2D eigenvalue weighted by atomic mass is 9.87. The fourth-order valence-corrected chi connectivity index (χ4v) is 5.10. The third-order valence-corrected chi connectivity index (χ3v) is 6.94. The molecule has 0 radical (unpaired) electrons. The van der Waals surface area contributed by atoms with Crippen LogP contribution in [0.5, 0.6) is 11.5 Å². The van der Waals surface area contributed by atoms with Crippen molar-refractivity contribution in [1.82, 2.24) is 18.7 Å². The van der Waals surface area contributed by atoms with Gasteiger partial charge < -0.3 is 19.3 Å². The largest absolute Gasteiger partial charge is 0.493 e. The number of hydrogen-bond acceptors (Lipinski definition) is 10. The SMILES string of the molecule is COc1ccc(C2(O)OC(=O)C(c3ccc4nsnc4c3)=C2Cc2ccc3nccnc3c2)cc1OC. The van der Waals surface area contributed by atoms with Gasteiger partial charge >= 0.3 is 5.97 Å². The van der Waals surface area contributed by atoms with Crippen LogP contribution < -0.4 is 9.47 Å². The highest BCUT2D eigenvalue weighted by molar-refractivity contribution is 7.00. The summed E-state index contributed by atoms with van der Waals surface area (Å²) in [4.78, 5) is 22.1. The van der Waals surface area contributed by atoms with Crippen molar-refractivity contribution in [2.24, 2.45) is 0 Å². The molecule has 0 saturated heterocycles. The van der Waals surface area contributed by atoms with E-state index in [0.717, 1.165) is 28.3 Å². The molecule has 184 valence electrons. The molecule has 2 aromatic heterocycles.